The van der Waals surface area contributed by atoms with Crippen LogP contribution < -0.4 is 5.56 Å². The second-order valence-electron chi connectivity index (χ2n) is 3.14. The van der Waals surface area contributed by atoms with Gasteiger partial charge in [0.15, 0.2) is 5.15 Å². The topological polar surface area (TPSA) is 47.8 Å². The second kappa shape index (κ2) is 4.53. The fraction of sp³-hybridized carbons (Fsp3) is 0.222. The summed E-state index contributed by atoms with van der Waals surface area (Å²) in [7, 11) is 0. The second-order valence-corrected chi connectivity index (χ2v) is 4.94. The van der Waals surface area contributed by atoms with E-state index in [0.717, 1.165) is 10.7 Å². The monoisotopic (exact) mass is 275 g/mol. The Balaban J connectivity index is 2.36. The van der Waals surface area contributed by atoms with Gasteiger partial charge in [-0.1, -0.05) is 23.2 Å². The lowest BCUT2D eigenvalue weighted by Crippen LogP contribution is -2.21. The van der Waals surface area contributed by atoms with Gasteiger partial charge in [0.2, 0.25) is 0 Å². The molecule has 0 saturated carbocycles. The van der Waals surface area contributed by atoms with Crippen molar-refractivity contribution in [2.45, 2.75) is 13.5 Å². The molecule has 0 aliphatic heterocycles. The molecule has 0 amide bonds. The summed E-state index contributed by atoms with van der Waals surface area (Å²) in [5, 5.41) is 2.81. The molecule has 2 rings (SSSR count). The van der Waals surface area contributed by atoms with Crippen LogP contribution in [0.15, 0.2) is 16.5 Å². The zero-order valence-corrected chi connectivity index (χ0v) is 10.6. The Labute approximate surface area is 105 Å². The van der Waals surface area contributed by atoms with E-state index in [1.807, 2.05) is 12.3 Å². The van der Waals surface area contributed by atoms with Crippen LogP contribution in [0.25, 0.3) is 0 Å². The lowest BCUT2D eigenvalue weighted by Gasteiger charge is -2.03. The zero-order chi connectivity index (χ0) is 11.7. The number of hydrogen-bond donors (Lipinski definition) is 0. The first-order valence-corrected chi connectivity index (χ1v) is 6.03. The van der Waals surface area contributed by atoms with E-state index in [1.54, 1.807) is 0 Å². The van der Waals surface area contributed by atoms with Crippen LogP contribution in [-0.2, 0) is 6.54 Å². The molecular weight excluding hydrogens is 269 g/mol. The van der Waals surface area contributed by atoms with Gasteiger partial charge in [-0.25, -0.2) is 9.97 Å². The normalized spacial score (nSPS) is 10.7. The van der Waals surface area contributed by atoms with Crippen molar-refractivity contribution in [2.24, 2.45) is 0 Å². The standard InChI is InChI=1S/C9H7Cl2N3OS/c1-5-13-6(3-16-5)2-14-4-12-8(11)7(10)9(14)15/h3-4H,2H2,1H3. The molecule has 0 radical (unpaired) electrons. The van der Waals surface area contributed by atoms with Gasteiger partial charge in [0, 0.05) is 5.38 Å². The molecule has 0 fully saturated rings. The molecule has 0 aliphatic carbocycles. The van der Waals surface area contributed by atoms with Crippen molar-refractivity contribution in [3.05, 3.63) is 42.9 Å². The van der Waals surface area contributed by atoms with E-state index in [-0.39, 0.29) is 15.7 Å². The van der Waals surface area contributed by atoms with E-state index in [9.17, 15) is 4.79 Å². The molecule has 4 nitrogen and oxygen atoms in total. The minimum atomic E-state index is -0.354. The van der Waals surface area contributed by atoms with E-state index in [0.29, 0.717) is 6.54 Å². The maximum Gasteiger partial charge on any atom is 0.274 e. The van der Waals surface area contributed by atoms with Gasteiger partial charge in [-0.2, -0.15) is 0 Å². The molecule has 0 aromatic carbocycles. The summed E-state index contributed by atoms with van der Waals surface area (Å²) in [5.41, 5.74) is 0.456. The third-order valence-electron chi connectivity index (χ3n) is 1.94. The average molecular weight is 276 g/mol. The first kappa shape index (κ1) is 11.6. The van der Waals surface area contributed by atoms with E-state index in [2.05, 4.69) is 9.97 Å². The number of nitrogens with zero attached hydrogens (tertiary/aromatic N) is 3. The lowest BCUT2D eigenvalue weighted by atomic mass is 10.4. The van der Waals surface area contributed by atoms with Crippen LogP contribution >= 0.6 is 34.5 Å². The molecule has 16 heavy (non-hydrogen) atoms. The quantitative estimate of drug-likeness (QED) is 0.791. The Morgan fingerprint density at radius 1 is 1.50 bits per heavy atom. The van der Waals surface area contributed by atoms with Gasteiger partial charge in [0.1, 0.15) is 5.02 Å². The van der Waals surface area contributed by atoms with Gasteiger partial charge < -0.3 is 0 Å². The third kappa shape index (κ3) is 2.26. The van der Waals surface area contributed by atoms with Crippen LogP contribution in [0.3, 0.4) is 0 Å². The van der Waals surface area contributed by atoms with Crippen LogP contribution in [0.1, 0.15) is 10.7 Å². The molecule has 2 aromatic rings. The van der Waals surface area contributed by atoms with E-state index >= 15 is 0 Å². The first-order valence-electron chi connectivity index (χ1n) is 4.39. The third-order valence-corrected chi connectivity index (χ3v) is 3.49. The summed E-state index contributed by atoms with van der Waals surface area (Å²) < 4.78 is 1.38. The highest BCUT2D eigenvalue weighted by Gasteiger charge is 2.08. The summed E-state index contributed by atoms with van der Waals surface area (Å²) in [5.74, 6) is 0. The summed E-state index contributed by atoms with van der Waals surface area (Å²) in [6, 6.07) is 0. The summed E-state index contributed by atoms with van der Waals surface area (Å²) in [6.45, 7) is 2.26. The smallest absolute Gasteiger partial charge is 0.274 e. The van der Waals surface area contributed by atoms with Crippen molar-refractivity contribution < 1.29 is 0 Å². The Morgan fingerprint density at radius 3 is 2.88 bits per heavy atom. The fourth-order valence-electron chi connectivity index (χ4n) is 1.21. The van der Waals surface area contributed by atoms with Crippen LogP contribution in [-0.4, -0.2) is 14.5 Å². The lowest BCUT2D eigenvalue weighted by molar-refractivity contribution is 0.722. The molecule has 84 valence electrons. The van der Waals surface area contributed by atoms with E-state index in [1.165, 1.54) is 22.2 Å². The van der Waals surface area contributed by atoms with Crippen molar-refractivity contribution >= 4 is 34.5 Å². The largest absolute Gasteiger partial charge is 0.292 e. The van der Waals surface area contributed by atoms with E-state index < -0.39 is 0 Å². The Kier molecular flexibility index (Phi) is 3.28. The average Bonchev–Trinajstić information content (AvgIpc) is 2.65. The molecule has 0 spiro atoms. The van der Waals surface area contributed by atoms with E-state index in [4.69, 9.17) is 23.2 Å². The maximum absolute atomic E-state index is 11.7. The highest BCUT2D eigenvalue weighted by Crippen LogP contribution is 2.14. The van der Waals surface area contributed by atoms with Crippen LogP contribution in [0.2, 0.25) is 10.2 Å². The molecule has 0 bridgehead atoms. The Hall–Kier alpha value is -0.910. The van der Waals surface area contributed by atoms with Crippen molar-refractivity contribution in [2.75, 3.05) is 0 Å². The number of hydrogen-bond acceptors (Lipinski definition) is 4. The molecule has 0 aliphatic rings. The molecule has 2 heterocycles. The van der Waals surface area contributed by atoms with Gasteiger partial charge in [0.25, 0.3) is 5.56 Å². The highest BCUT2D eigenvalue weighted by molar-refractivity contribution is 7.09. The Morgan fingerprint density at radius 2 is 2.25 bits per heavy atom. The summed E-state index contributed by atoms with van der Waals surface area (Å²) in [6.07, 6.45) is 1.37. The predicted molar refractivity (Wildman–Crippen MR) is 64.5 cm³/mol. The zero-order valence-electron chi connectivity index (χ0n) is 8.28. The highest BCUT2D eigenvalue weighted by atomic mass is 35.5. The molecule has 2 aromatic heterocycles. The number of aromatic nitrogens is 3. The van der Waals surface area contributed by atoms with Crippen LogP contribution in [0.4, 0.5) is 0 Å². The van der Waals surface area contributed by atoms with Crippen molar-refractivity contribution in [3.8, 4) is 0 Å². The van der Waals surface area contributed by atoms with Gasteiger partial charge in [-0.15, -0.1) is 11.3 Å². The minimum Gasteiger partial charge on any atom is -0.292 e. The number of halogens is 2. The molecule has 0 atom stereocenters. The van der Waals surface area contributed by atoms with Crippen LogP contribution in [0.5, 0.6) is 0 Å². The van der Waals surface area contributed by atoms with Crippen LogP contribution in [0, 0.1) is 6.92 Å². The van der Waals surface area contributed by atoms with Gasteiger partial charge >= 0.3 is 0 Å². The maximum atomic E-state index is 11.7. The molecule has 0 N–H and O–H groups in total. The minimum absolute atomic E-state index is 0.0253. The number of thiazole rings is 1. The van der Waals surface area contributed by atoms with Crippen molar-refractivity contribution in [1.29, 1.82) is 0 Å². The number of aryl methyl sites for hydroxylation is 1. The molecular formula is C9H7Cl2N3OS. The first-order chi connectivity index (χ1) is 7.58. The van der Waals surface area contributed by atoms with Gasteiger partial charge in [-0.05, 0) is 6.92 Å². The molecule has 0 unspecified atom stereocenters. The van der Waals surface area contributed by atoms with Crippen molar-refractivity contribution in [1.82, 2.24) is 14.5 Å². The SMILES string of the molecule is Cc1nc(Cn2cnc(Cl)c(Cl)c2=O)cs1. The molecule has 0 saturated heterocycles. The summed E-state index contributed by atoms with van der Waals surface area (Å²) in [4.78, 5) is 19.8. The summed E-state index contributed by atoms with van der Waals surface area (Å²) >= 11 is 12.9. The van der Waals surface area contributed by atoms with Crippen molar-refractivity contribution in [3.63, 3.8) is 0 Å². The number of rotatable bonds is 2. The molecule has 7 heteroatoms. The Bertz CT molecular complexity index is 578. The fourth-order valence-corrected chi connectivity index (χ4v) is 2.10. The van der Waals surface area contributed by atoms with Gasteiger partial charge in [0.05, 0.1) is 23.6 Å². The van der Waals surface area contributed by atoms with Gasteiger partial charge in [-0.3, -0.25) is 9.36 Å². The predicted octanol–water partition coefficient (Wildman–Crippen LogP) is 2.36.